The summed E-state index contributed by atoms with van der Waals surface area (Å²) >= 11 is 0. The fourth-order valence-electron chi connectivity index (χ4n) is 2.83. The highest BCUT2D eigenvalue weighted by molar-refractivity contribution is 7.91. The number of nitrogens with zero attached hydrogens (tertiary/aromatic N) is 3. The van der Waals surface area contributed by atoms with Crippen molar-refractivity contribution in [2.24, 2.45) is 0 Å². The number of alkyl halides is 3. The summed E-state index contributed by atoms with van der Waals surface area (Å²) in [5.41, 5.74) is -2.41. The number of rotatable bonds is 4. The van der Waals surface area contributed by atoms with E-state index in [0.717, 1.165) is 24.3 Å². The molecule has 2 aromatic heterocycles. The first kappa shape index (κ1) is 23.5. The number of hydrogen-bond donors (Lipinski definition) is 2. The van der Waals surface area contributed by atoms with Crippen molar-refractivity contribution in [2.45, 2.75) is 44.2 Å². The van der Waals surface area contributed by atoms with E-state index in [0.29, 0.717) is 4.52 Å². The lowest BCUT2D eigenvalue weighted by Gasteiger charge is -2.19. The smallest absolute Gasteiger partial charge is 0.433 e. The first-order valence-electron chi connectivity index (χ1n) is 9.49. The Kier molecular flexibility index (Phi) is 5.71. The number of carbonyl (C=O) groups is 1. The quantitative estimate of drug-likeness (QED) is 0.561. The summed E-state index contributed by atoms with van der Waals surface area (Å²) < 4.78 is 65.5. The molecule has 1 amide bonds. The van der Waals surface area contributed by atoms with Gasteiger partial charge in [-0.25, -0.2) is 17.9 Å². The maximum atomic E-state index is 13.6. The van der Waals surface area contributed by atoms with Crippen molar-refractivity contribution in [1.29, 1.82) is 0 Å². The van der Waals surface area contributed by atoms with Crippen molar-refractivity contribution < 1.29 is 31.5 Å². The summed E-state index contributed by atoms with van der Waals surface area (Å²) in [6.45, 7) is 6.55. The van der Waals surface area contributed by atoms with Crippen LogP contribution in [0.2, 0.25) is 0 Å². The van der Waals surface area contributed by atoms with Gasteiger partial charge in [-0.1, -0.05) is 27.7 Å². The largest absolute Gasteiger partial charge is 0.506 e. The second kappa shape index (κ2) is 7.76. The number of amides is 1. The number of fused-ring (bicyclic) bond motifs is 1. The van der Waals surface area contributed by atoms with E-state index in [1.165, 1.54) is 13.0 Å². The van der Waals surface area contributed by atoms with E-state index in [4.69, 9.17) is 0 Å². The van der Waals surface area contributed by atoms with Crippen LogP contribution in [0.5, 0.6) is 5.75 Å². The highest BCUT2D eigenvalue weighted by atomic mass is 32.2. The molecule has 2 heterocycles. The van der Waals surface area contributed by atoms with Gasteiger partial charge >= 0.3 is 6.18 Å². The number of hydrogen-bond acceptors (Lipinski definition) is 6. The number of aromatic nitrogens is 3. The average molecular weight is 470 g/mol. The normalized spacial score (nSPS) is 12.8. The SMILES string of the molecule is CCS(=O)(=O)c1ccc(O)c(NC(=O)c2cc3nc(C(C)(C)C)cc(C(F)(F)F)n3n2)c1. The molecule has 0 fully saturated rings. The van der Waals surface area contributed by atoms with Crippen LogP contribution in [0.1, 0.15) is 49.6 Å². The van der Waals surface area contributed by atoms with Crippen LogP contribution in [0.25, 0.3) is 5.65 Å². The van der Waals surface area contributed by atoms with E-state index in [-0.39, 0.29) is 27.7 Å². The van der Waals surface area contributed by atoms with Gasteiger partial charge < -0.3 is 10.4 Å². The van der Waals surface area contributed by atoms with Crippen LogP contribution in [0.3, 0.4) is 0 Å². The molecular formula is C20H21F3N4O4S. The first-order valence-corrected chi connectivity index (χ1v) is 11.1. The molecule has 172 valence electrons. The van der Waals surface area contributed by atoms with Crippen molar-refractivity contribution in [3.8, 4) is 5.75 Å². The third-order valence-corrected chi connectivity index (χ3v) is 6.41. The zero-order valence-corrected chi connectivity index (χ0v) is 18.5. The van der Waals surface area contributed by atoms with Gasteiger partial charge in [-0.3, -0.25) is 4.79 Å². The first-order chi connectivity index (χ1) is 14.6. The number of phenolic OH excluding ortho intramolecular Hbond substituents is 1. The summed E-state index contributed by atoms with van der Waals surface area (Å²) in [4.78, 5) is 16.7. The minimum Gasteiger partial charge on any atom is -0.506 e. The topological polar surface area (TPSA) is 114 Å². The van der Waals surface area contributed by atoms with E-state index in [2.05, 4.69) is 15.4 Å². The molecule has 12 heteroatoms. The molecule has 0 aliphatic heterocycles. The van der Waals surface area contributed by atoms with E-state index in [9.17, 15) is 31.5 Å². The summed E-state index contributed by atoms with van der Waals surface area (Å²) in [7, 11) is -3.62. The van der Waals surface area contributed by atoms with Crippen LogP contribution in [0.4, 0.5) is 18.9 Å². The lowest BCUT2D eigenvalue weighted by Crippen LogP contribution is -2.20. The number of nitrogens with one attached hydrogen (secondary N) is 1. The molecule has 0 saturated heterocycles. The molecule has 0 bridgehead atoms. The Bertz CT molecular complexity index is 1310. The molecule has 0 unspecified atom stereocenters. The minimum absolute atomic E-state index is 0.126. The van der Waals surface area contributed by atoms with Gasteiger partial charge in [-0.15, -0.1) is 0 Å². The van der Waals surface area contributed by atoms with Gasteiger partial charge in [0, 0.05) is 11.5 Å². The monoisotopic (exact) mass is 470 g/mol. The van der Waals surface area contributed by atoms with Gasteiger partial charge in [0.25, 0.3) is 5.91 Å². The van der Waals surface area contributed by atoms with Crippen LogP contribution in [0, 0.1) is 0 Å². The summed E-state index contributed by atoms with van der Waals surface area (Å²) in [5, 5.41) is 16.0. The zero-order chi connectivity index (χ0) is 24.1. The maximum absolute atomic E-state index is 13.6. The summed E-state index contributed by atoms with van der Waals surface area (Å²) in [6, 6.07) is 5.32. The molecule has 3 rings (SSSR count). The fourth-order valence-corrected chi connectivity index (χ4v) is 3.74. The van der Waals surface area contributed by atoms with Gasteiger partial charge in [0.2, 0.25) is 0 Å². The van der Waals surface area contributed by atoms with Crippen LogP contribution < -0.4 is 5.32 Å². The molecule has 8 nitrogen and oxygen atoms in total. The van der Waals surface area contributed by atoms with Crippen LogP contribution in [-0.4, -0.2) is 39.8 Å². The van der Waals surface area contributed by atoms with Crippen molar-refractivity contribution >= 4 is 27.1 Å². The second-order valence-electron chi connectivity index (χ2n) is 8.11. The Morgan fingerprint density at radius 2 is 1.81 bits per heavy atom. The number of phenols is 1. The molecule has 32 heavy (non-hydrogen) atoms. The minimum atomic E-state index is -4.75. The number of aromatic hydroxyl groups is 1. The lowest BCUT2D eigenvalue weighted by atomic mass is 9.91. The van der Waals surface area contributed by atoms with Crippen molar-refractivity contribution in [2.75, 3.05) is 11.1 Å². The van der Waals surface area contributed by atoms with Crippen molar-refractivity contribution in [3.05, 3.63) is 47.4 Å². The molecule has 0 aliphatic rings. The van der Waals surface area contributed by atoms with Gasteiger partial charge in [0.1, 0.15) is 11.4 Å². The Balaban J connectivity index is 2.06. The molecule has 0 spiro atoms. The molecule has 0 aliphatic carbocycles. The van der Waals surface area contributed by atoms with E-state index >= 15 is 0 Å². The Labute approximate surface area is 182 Å². The maximum Gasteiger partial charge on any atom is 0.433 e. The lowest BCUT2D eigenvalue weighted by molar-refractivity contribution is -0.142. The molecular weight excluding hydrogens is 449 g/mol. The molecule has 0 radical (unpaired) electrons. The van der Waals surface area contributed by atoms with Crippen LogP contribution in [0.15, 0.2) is 35.2 Å². The van der Waals surface area contributed by atoms with Crippen LogP contribution in [-0.2, 0) is 21.4 Å². The average Bonchev–Trinajstić information content (AvgIpc) is 3.11. The molecule has 0 saturated carbocycles. The second-order valence-corrected chi connectivity index (χ2v) is 10.4. The number of benzene rings is 1. The number of carbonyl (C=O) groups excluding carboxylic acids is 1. The third kappa shape index (κ3) is 4.54. The van der Waals surface area contributed by atoms with Crippen LogP contribution >= 0.6 is 0 Å². The van der Waals surface area contributed by atoms with E-state index < -0.39 is 44.5 Å². The number of sulfone groups is 1. The van der Waals surface area contributed by atoms with Gasteiger partial charge in [-0.05, 0) is 24.3 Å². The number of anilines is 1. The Hall–Kier alpha value is -3.15. The standard InChI is InChI=1S/C20H21F3N4O4S/c1-5-32(30,31)11-6-7-14(28)12(8-11)24-18(29)13-9-17-25-15(19(2,3)4)10-16(20(21,22)23)27(17)26-13/h6-10,28H,5H2,1-4H3,(H,24,29). The molecule has 0 atom stereocenters. The summed E-state index contributed by atoms with van der Waals surface area (Å²) in [5.74, 6) is -1.55. The third-order valence-electron chi connectivity index (χ3n) is 4.67. The van der Waals surface area contributed by atoms with E-state index in [1.807, 2.05) is 0 Å². The zero-order valence-electron chi connectivity index (χ0n) is 17.6. The fraction of sp³-hybridized carbons (Fsp3) is 0.350. The summed E-state index contributed by atoms with van der Waals surface area (Å²) in [6.07, 6.45) is -4.75. The Morgan fingerprint density at radius 1 is 1.16 bits per heavy atom. The Morgan fingerprint density at radius 3 is 2.38 bits per heavy atom. The molecule has 2 N–H and O–H groups in total. The highest BCUT2D eigenvalue weighted by Crippen LogP contribution is 2.33. The predicted octanol–water partition coefficient (Wildman–Crippen LogP) is 3.80. The molecule has 3 aromatic rings. The van der Waals surface area contributed by atoms with Crippen molar-refractivity contribution in [3.63, 3.8) is 0 Å². The predicted molar refractivity (Wildman–Crippen MR) is 110 cm³/mol. The van der Waals surface area contributed by atoms with E-state index in [1.54, 1.807) is 20.8 Å². The van der Waals surface area contributed by atoms with Gasteiger partial charge in [0.05, 0.1) is 22.0 Å². The highest BCUT2D eigenvalue weighted by Gasteiger charge is 2.36. The van der Waals surface area contributed by atoms with Crippen molar-refractivity contribution in [1.82, 2.24) is 14.6 Å². The number of halogens is 3. The van der Waals surface area contributed by atoms with Gasteiger partial charge in [-0.2, -0.15) is 18.3 Å². The molecule has 1 aromatic carbocycles. The van der Waals surface area contributed by atoms with Gasteiger partial charge in [0.15, 0.2) is 21.2 Å².